The van der Waals surface area contributed by atoms with E-state index in [-0.39, 0.29) is 0 Å². The molecule has 0 saturated heterocycles. The van der Waals surface area contributed by atoms with Gasteiger partial charge in [-0.1, -0.05) is 53.7 Å². The lowest BCUT2D eigenvalue weighted by molar-refractivity contribution is 1.01. The summed E-state index contributed by atoms with van der Waals surface area (Å²) in [5, 5.41) is 0. The van der Waals surface area contributed by atoms with Gasteiger partial charge in [0, 0.05) is 11.4 Å². The van der Waals surface area contributed by atoms with Gasteiger partial charge < -0.3 is 0 Å². The van der Waals surface area contributed by atoms with Crippen molar-refractivity contribution in [1.29, 1.82) is 0 Å². The second kappa shape index (κ2) is 11.2. The Kier molecular flexibility index (Phi) is 10.2. The highest BCUT2D eigenvalue weighted by molar-refractivity contribution is 5.54. The predicted octanol–water partition coefficient (Wildman–Crippen LogP) is 5.32. The largest absolute Gasteiger partial charge is 0.251 e. The summed E-state index contributed by atoms with van der Waals surface area (Å²) in [6.45, 7) is 12.2. The van der Waals surface area contributed by atoms with Crippen LogP contribution in [0.5, 0.6) is 0 Å². The number of aryl methyl sites for hydroxylation is 2. The molecular weight excluding hydrogens is 244 g/mol. The highest BCUT2D eigenvalue weighted by atomic mass is 14.8. The van der Waals surface area contributed by atoms with Gasteiger partial charge in [0.2, 0.25) is 0 Å². The van der Waals surface area contributed by atoms with Crippen LogP contribution in [-0.2, 0) is 12.8 Å². The van der Waals surface area contributed by atoms with E-state index in [0.717, 1.165) is 35.6 Å². The molecule has 0 spiro atoms. The van der Waals surface area contributed by atoms with Gasteiger partial charge in [0.05, 0.1) is 11.4 Å². The number of aromatic nitrogens is 2. The molecule has 0 aliphatic rings. The second-order valence-corrected chi connectivity index (χ2v) is 3.74. The minimum absolute atomic E-state index is 0.960. The zero-order valence-corrected chi connectivity index (χ0v) is 13.8. The van der Waals surface area contributed by atoms with E-state index >= 15 is 0 Å². The van der Waals surface area contributed by atoms with Gasteiger partial charge in [-0.05, 0) is 37.1 Å². The van der Waals surface area contributed by atoms with Crippen molar-refractivity contribution in [3.63, 3.8) is 0 Å². The first-order valence-corrected chi connectivity index (χ1v) is 7.75. The van der Waals surface area contributed by atoms with Crippen LogP contribution >= 0.6 is 0 Å². The van der Waals surface area contributed by atoms with Gasteiger partial charge >= 0.3 is 0 Å². The number of rotatable bonds is 3. The standard InChI is InChI=1S/C14H16N2.2C2H6/c1-3-11-7-5-9-13(15-11)14-10-6-8-12(4-2)16-14;2*1-2/h5-10H,3-4H2,1-2H3;2*1-2H3. The first-order chi connectivity index (χ1) is 9.83. The Labute approximate surface area is 124 Å². The van der Waals surface area contributed by atoms with E-state index < -0.39 is 0 Å². The molecule has 0 unspecified atom stereocenters. The molecule has 2 aromatic rings. The molecule has 0 fully saturated rings. The van der Waals surface area contributed by atoms with E-state index in [4.69, 9.17) is 0 Å². The predicted molar refractivity (Wildman–Crippen MR) is 88.9 cm³/mol. The van der Waals surface area contributed by atoms with Crippen LogP contribution in [0.1, 0.15) is 52.9 Å². The van der Waals surface area contributed by atoms with E-state index in [1.54, 1.807) is 0 Å². The molecule has 2 nitrogen and oxygen atoms in total. The maximum atomic E-state index is 4.57. The topological polar surface area (TPSA) is 25.8 Å². The molecule has 0 aliphatic heterocycles. The van der Waals surface area contributed by atoms with Gasteiger partial charge in [0.1, 0.15) is 0 Å². The molecule has 0 N–H and O–H groups in total. The minimum atomic E-state index is 0.960. The lowest BCUT2D eigenvalue weighted by Gasteiger charge is -2.04. The Morgan fingerprint density at radius 3 is 1.30 bits per heavy atom. The van der Waals surface area contributed by atoms with Crippen molar-refractivity contribution < 1.29 is 0 Å². The monoisotopic (exact) mass is 272 g/mol. The fourth-order valence-electron chi connectivity index (χ4n) is 1.64. The highest BCUT2D eigenvalue weighted by Gasteiger charge is 2.02. The van der Waals surface area contributed by atoms with Gasteiger partial charge in [0.25, 0.3) is 0 Å². The average molecular weight is 272 g/mol. The lowest BCUT2D eigenvalue weighted by atomic mass is 10.2. The van der Waals surface area contributed by atoms with Crippen molar-refractivity contribution in [3.05, 3.63) is 47.8 Å². The van der Waals surface area contributed by atoms with Crippen LogP contribution in [0.15, 0.2) is 36.4 Å². The van der Waals surface area contributed by atoms with Crippen molar-refractivity contribution in [3.8, 4) is 11.4 Å². The number of pyridine rings is 2. The van der Waals surface area contributed by atoms with E-state index in [9.17, 15) is 0 Å². The van der Waals surface area contributed by atoms with Crippen LogP contribution in [0.2, 0.25) is 0 Å². The van der Waals surface area contributed by atoms with Crippen LogP contribution in [0, 0.1) is 0 Å². The maximum Gasteiger partial charge on any atom is 0.0889 e. The Hall–Kier alpha value is -1.70. The average Bonchev–Trinajstić information content (AvgIpc) is 2.58. The van der Waals surface area contributed by atoms with Crippen LogP contribution in [0.25, 0.3) is 11.4 Å². The zero-order valence-electron chi connectivity index (χ0n) is 13.8. The summed E-state index contributed by atoms with van der Waals surface area (Å²) < 4.78 is 0. The van der Waals surface area contributed by atoms with E-state index in [0.29, 0.717) is 0 Å². The van der Waals surface area contributed by atoms with Crippen molar-refractivity contribution in [1.82, 2.24) is 9.97 Å². The van der Waals surface area contributed by atoms with E-state index in [2.05, 4.69) is 23.8 Å². The smallest absolute Gasteiger partial charge is 0.0889 e. The van der Waals surface area contributed by atoms with Gasteiger partial charge in [-0.3, -0.25) is 9.97 Å². The van der Waals surface area contributed by atoms with Gasteiger partial charge in [0.15, 0.2) is 0 Å². The highest BCUT2D eigenvalue weighted by Crippen LogP contribution is 2.15. The fourth-order valence-corrected chi connectivity index (χ4v) is 1.64. The molecule has 2 aromatic heterocycles. The first-order valence-electron chi connectivity index (χ1n) is 7.75. The van der Waals surface area contributed by atoms with E-state index in [1.165, 1.54) is 0 Å². The fraction of sp³-hybridized carbons (Fsp3) is 0.444. The van der Waals surface area contributed by atoms with Crippen molar-refractivity contribution >= 4 is 0 Å². The molecule has 0 aromatic carbocycles. The summed E-state index contributed by atoms with van der Waals surface area (Å²) >= 11 is 0. The number of nitrogens with zero attached hydrogens (tertiary/aromatic N) is 2. The third-order valence-electron chi connectivity index (χ3n) is 2.60. The maximum absolute atomic E-state index is 4.57. The van der Waals surface area contributed by atoms with Crippen LogP contribution in [0.3, 0.4) is 0 Å². The number of hydrogen-bond donors (Lipinski definition) is 0. The number of hydrogen-bond acceptors (Lipinski definition) is 2. The third-order valence-corrected chi connectivity index (χ3v) is 2.60. The third kappa shape index (κ3) is 5.52. The Morgan fingerprint density at radius 2 is 1.00 bits per heavy atom. The zero-order chi connectivity index (χ0) is 15.4. The summed E-state index contributed by atoms with van der Waals surface area (Å²) in [6, 6.07) is 12.2. The Bertz CT molecular complexity index is 433. The molecule has 0 bridgehead atoms. The van der Waals surface area contributed by atoms with Crippen molar-refractivity contribution in [2.24, 2.45) is 0 Å². The molecule has 0 saturated carbocycles. The normalized spacial score (nSPS) is 8.90. The first kappa shape index (κ1) is 18.3. The molecule has 0 aliphatic carbocycles. The molecule has 2 rings (SSSR count). The van der Waals surface area contributed by atoms with Gasteiger partial charge in [-0.2, -0.15) is 0 Å². The van der Waals surface area contributed by atoms with Crippen LogP contribution < -0.4 is 0 Å². The summed E-state index contributed by atoms with van der Waals surface area (Å²) in [4.78, 5) is 9.15. The second-order valence-electron chi connectivity index (χ2n) is 3.74. The summed E-state index contributed by atoms with van der Waals surface area (Å²) in [6.07, 6.45) is 1.92. The summed E-state index contributed by atoms with van der Waals surface area (Å²) in [5.74, 6) is 0. The van der Waals surface area contributed by atoms with E-state index in [1.807, 2.05) is 64.1 Å². The summed E-state index contributed by atoms with van der Waals surface area (Å²) in [5.41, 5.74) is 4.16. The van der Waals surface area contributed by atoms with Crippen LogP contribution in [-0.4, -0.2) is 9.97 Å². The van der Waals surface area contributed by atoms with Gasteiger partial charge in [-0.15, -0.1) is 0 Å². The quantitative estimate of drug-likeness (QED) is 0.755. The Balaban J connectivity index is 0.000000829. The summed E-state index contributed by atoms with van der Waals surface area (Å²) in [7, 11) is 0. The van der Waals surface area contributed by atoms with Crippen molar-refractivity contribution in [2.75, 3.05) is 0 Å². The molecule has 2 heteroatoms. The van der Waals surface area contributed by atoms with Gasteiger partial charge in [-0.25, -0.2) is 0 Å². The van der Waals surface area contributed by atoms with Crippen LogP contribution in [0.4, 0.5) is 0 Å². The SMILES string of the molecule is CC.CC.CCc1cccc(-c2cccc(CC)n2)n1. The molecule has 2 heterocycles. The lowest BCUT2D eigenvalue weighted by Crippen LogP contribution is -1.94. The Morgan fingerprint density at radius 1 is 0.650 bits per heavy atom. The molecule has 110 valence electrons. The molecule has 0 radical (unpaired) electrons. The van der Waals surface area contributed by atoms with Crippen molar-refractivity contribution in [2.45, 2.75) is 54.4 Å². The molecular formula is C18H28N2. The minimum Gasteiger partial charge on any atom is -0.251 e. The molecule has 0 atom stereocenters. The molecule has 20 heavy (non-hydrogen) atoms. The molecule has 0 amide bonds.